The van der Waals surface area contributed by atoms with Gasteiger partial charge in [0.15, 0.2) is 0 Å². The number of ether oxygens (including phenoxy) is 2. The molecule has 0 fully saturated rings. The Balaban J connectivity index is 1.58. The van der Waals surface area contributed by atoms with Crippen LogP contribution in [0.1, 0.15) is 57.2 Å². The van der Waals surface area contributed by atoms with E-state index in [0.29, 0.717) is 11.8 Å². The van der Waals surface area contributed by atoms with E-state index in [4.69, 9.17) is 26.5 Å². The second kappa shape index (κ2) is 12.8. The van der Waals surface area contributed by atoms with E-state index >= 15 is 0 Å². The molecule has 0 amide bonds. The summed E-state index contributed by atoms with van der Waals surface area (Å²) in [6.07, 6.45) is 4.91. The van der Waals surface area contributed by atoms with Crippen molar-refractivity contribution in [2.45, 2.75) is 46.5 Å². The standard InChI is InChI=1S/2C19H19O.C2H7Ge.2ClH.Zr/c2*1-13(2)16-11-15-5-4-6-18(19(15)12-16)14-7-9-17(20-3)10-8-14;1-3-2;;;/h2*4-13H,1-3H3;3H,1-2H3;2*1H;/q;;;;;+2/p-2. The molecule has 2 aliphatic carbocycles. The van der Waals surface area contributed by atoms with Crippen LogP contribution in [0.3, 0.4) is 0 Å². The molecule has 2 unspecified atom stereocenters. The van der Waals surface area contributed by atoms with Crippen LogP contribution in [0.2, 0.25) is 11.5 Å². The molecule has 0 aliphatic heterocycles. The van der Waals surface area contributed by atoms with Crippen molar-refractivity contribution in [2.24, 2.45) is 11.8 Å². The number of allylic oxidation sites excluding steroid dienone is 2. The molecule has 2 aliphatic rings. The molecule has 0 heterocycles. The summed E-state index contributed by atoms with van der Waals surface area (Å²) in [4.78, 5) is 0. The minimum atomic E-state index is -4.85. The Kier molecular flexibility index (Phi) is 9.40. The maximum absolute atomic E-state index is 8.69. The molecule has 6 rings (SSSR count). The molecule has 6 heteroatoms. The molecule has 0 aromatic heterocycles. The summed E-state index contributed by atoms with van der Waals surface area (Å²) in [6, 6.07) is 30.4. The molecule has 46 heavy (non-hydrogen) atoms. The zero-order chi connectivity index (χ0) is 33.0. The maximum atomic E-state index is 8.69. The van der Waals surface area contributed by atoms with E-state index in [9.17, 15) is 0 Å². The minimum absolute atomic E-state index is 0.0701. The molecule has 0 saturated carbocycles. The average molecular weight is 793 g/mol. The van der Waals surface area contributed by atoms with E-state index in [1.807, 2.05) is 24.3 Å². The number of methoxy groups -OCH3 is 2. The predicted molar refractivity (Wildman–Crippen MR) is 199 cm³/mol. The second-order valence-electron chi connectivity index (χ2n) is 13.9. The van der Waals surface area contributed by atoms with Crippen LogP contribution in [0.5, 0.6) is 11.5 Å². The van der Waals surface area contributed by atoms with Crippen LogP contribution in [-0.4, -0.2) is 24.8 Å². The Morgan fingerprint density at radius 1 is 0.587 bits per heavy atom. The van der Waals surface area contributed by atoms with Gasteiger partial charge in [0.2, 0.25) is 0 Å². The first-order valence-corrected chi connectivity index (χ1v) is 39.0. The predicted octanol–water partition coefficient (Wildman–Crippen LogP) is 11.9. The Hall–Kier alpha value is -2.03. The molecular formula is C40H45Cl2GeO2Zr. The van der Waals surface area contributed by atoms with Crippen molar-refractivity contribution in [3.05, 3.63) is 118 Å². The van der Waals surface area contributed by atoms with Gasteiger partial charge in [0.05, 0.1) is 0 Å². The summed E-state index contributed by atoms with van der Waals surface area (Å²) in [7, 11) is 18.5. The molecular weight excluding hydrogens is 747 g/mol. The molecule has 0 N–H and O–H groups in total. The van der Waals surface area contributed by atoms with E-state index in [-0.39, 0.29) is 7.25 Å². The molecule has 4 aromatic carbocycles. The Morgan fingerprint density at radius 2 is 0.957 bits per heavy atom. The first-order valence-electron chi connectivity index (χ1n) is 16.5. The van der Waals surface area contributed by atoms with E-state index in [1.54, 1.807) is 14.2 Å². The fourth-order valence-corrected chi connectivity index (χ4v) is 52.9. The molecule has 4 aromatic rings. The van der Waals surface area contributed by atoms with Crippen LogP contribution in [0.4, 0.5) is 0 Å². The first-order chi connectivity index (χ1) is 21.9. The van der Waals surface area contributed by atoms with Gasteiger partial charge in [-0.15, -0.1) is 0 Å². The normalized spacial score (nSPS) is 18.2. The van der Waals surface area contributed by atoms with Gasteiger partial charge >= 0.3 is 288 Å². The van der Waals surface area contributed by atoms with Gasteiger partial charge < -0.3 is 0 Å². The van der Waals surface area contributed by atoms with E-state index in [1.165, 1.54) is 55.7 Å². The van der Waals surface area contributed by atoms with Gasteiger partial charge in [0.25, 0.3) is 0 Å². The molecule has 0 radical (unpaired) electrons. The number of halogens is 2. The Labute approximate surface area is 285 Å². The summed E-state index contributed by atoms with van der Waals surface area (Å²) in [5, 5.41) is 0. The summed E-state index contributed by atoms with van der Waals surface area (Å²) in [5.41, 5.74) is 12.9. The summed E-state index contributed by atoms with van der Waals surface area (Å²) in [6.45, 7) is 9.27. The zero-order valence-corrected chi connectivity index (χ0v) is 34.6. The third kappa shape index (κ3) is 5.42. The fraction of sp³-hybridized carbons (Fsp3) is 0.300. The molecule has 0 bridgehead atoms. The summed E-state index contributed by atoms with van der Waals surface area (Å²) < 4.78 is 11.1. The number of hydrogen-bond acceptors (Lipinski definition) is 2. The van der Waals surface area contributed by atoms with Gasteiger partial charge in [0, 0.05) is 0 Å². The Bertz CT molecular complexity index is 1710. The number of rotatable bonds is 9. The summed E-state index contributed by atoms with van der Waals surface area (Å²) >= 11 is -4.85. The van der Waals surface area contributed by atoms with Crippen LogP contribution in [0.15, 0.2) is 96.1 Å². The van der Waals surface area contributed by atoms with Crippen molar-refractivity contribution < 1.29 is 23.4 Å². The van der Waals surface area contributed by atoms with Gasteiger partial charge in [-0.3, -0.25) is 0 Å². The van der Waals surface area contributed by atoms with Crippen LogP contribution in [-0.2, 0) is 13.9 Å². The first kappa shape index (κ1) is 33.9. The van der Waals surface area contributed by atoms with Gasteiger partial charge in [0.1, 0.15) is 0 Å². The second-order valence-corrected chi connectivity index (χ2v) is 78.0. The van der Waals surface area contributed by atoms with Crippen LogP contribution in [0, 0.1) is 11.8 Å². The van der Waals surface area contributed by atoms with E-state index in [0.717, 1.165) is 11.5 Å². The van der Waals surface area contributed by atoms with Gasteiger partial charge in [-0.1, -0.05) is 0 Å². The van der Waals surface area contributed by atoms with Crippen molar-refractivity contribution in [3.63, 3.8) is 0 Å². The Morgan fingerprint density at radius 3 is 1.26 bits per heavy atom. The average Bonchev–Trinajstić information content (AvgIpc) is 3.66. The van der Waals surface area contributed by atoms with Crippen LogP contribution >= 0.6 is 17.0 Å². The molecule has 239 valence electrons. The molecule has 2 nitrogen and oxygen atoms in total. The monoisotopic (exact) mass is 791 g/mol. The molecule has 0 spiro atoms. The topological polar surface area (TPSA) is 18.5 Å². The van der Waals surface area contributed by atoms with Crippen molar-refractivity contribution in [3.8, 4) is 33.8 Å². The number of hydrogen-bond donors (Lipinski definition) is 0. The quantitative estimate of drug-likeness (QED) is 0.157. The van der Waals surface area contributed by atoms with Crippen molar-refractivity contribution in [1.82, 2.24) is 0 Å². The van der Waals surface area contributed by atoms with Crippen LogP contribution in [0.25, 0.3) is 34.4 Å². The van der Waals surface area contributed by atoms with Gasteiger partial charge in [-0.05, 0) is 0 Å². The van der Waals surface area contributed by atoms with E-state index < -0.39 is 24.4 Å². The summed E-state index contributed by atoms with van der Waals surface area (Å²) in [5.74, 6) is 7.32. The fourth-order valence-electron chi connectivity index (χ4n) is 7.96. The number of fused-ring (bicyclic) bond motifs is 2. The third-order valence-corrected chi connectivity index (χ3v) is 92.2. The third-order valence-electron chi connectivity index (χ3n) is 10.5. The van der Waals surface area contributed by atoms with Gasteiger partial charge in [-0.25, -0.2) is 0 Å². The molecule has 0 saturated heterocycles. The SMILES string of the molecule is COc1ccc(-c2cccc3c2C=C(C(C)C)[CH]3[Zr]([Cl])([Cl])([CH]2C(C(C)C)=Cc3c(-c4ccc(OC)cc4)cccc32)[GeH]([CH3])[CH3])cc1. The van der Waals surface area contributed by atoms with Crippen LogP contribution < -0.4 is 9.47 Å². The van der Waals surface area contributed by atoms with E-state index in [2.05, 4.69) is 112 Å². The van der Waals surface area contributed by atoms with Gasteiger partial charge in [-0.2, -0.15) is 0 Å². The van der Waals surface area contributed by atoms with Crippen molar-refractivity contribution in [2.75, 3.05) is 14.2 Å². The van der Waals surface area contributed by atoms with Crippen molar-refractivity contribution >= 4 is 39.7 Å². The zero-order valence-electron chi connectivity index (χ0n) is 28.2. The van der Waals surface area contributed by atoms with Crippen molar-refractivity contribution in [1.29, 1.82) is 0 Å². The molecule has 2 atom stereocenters. The number of benzene rings is 4.